The van der Waals surface area contributed by atoms with Crippen molar-refractivity contribution in [3.8, 4) is 6.07 Å². The summed E-state index contributed by atoms with van der Waals surface area (Å²) in [5.74, 6) is 0. The molecule has 4 nitrogen and oxygen atoms in total. The number of pyridine rings is 1. The smallest absolute Gasteiger partial charge is 0.101 e. The third-order valence-corrected chi connectivity index (χ3v) is 2.80. The van der Waals surface area contributed by atoms with E-state index in [1.807, 2.05) is 0 Å². The third-order valence-electron chi connectivity index (χ3n) is 2.80. The van der Waals surface area contributed by atoms with Crippen LogP contribution >= 0.6 is 0 Å². The summed E-state index contributed by atoms with van der Waals surface area (Å²) in [6.07, 6.45) is 5.38. The van der Waals surface area contributed by atoms with Crippen molar-refractivity contribution in [2.45, 2.75) is 18.9 Å². The molecule has 2 heterocycles. The molecule has 0 spiro atoms. The molecule has 78 valence electrons. The van der Waals surface area contributed by atoms with Gasteiger partial charge in [-0.1, -0.05) is 0 Å². The molecule has 4 heteroatoms. The molecule has 1 aliphatic rings. The number of hydrogen-bond donors (Lipinski definition) is 1. The maximum absolute atomic E-state index is 8.97. The molecule has 1 saturated heterocycles. The van der Waals surface area contributed by atoms with Crippen molar-refractivity contribution in [3.63, 3.8) is 0 Å². The van der Waals surface area contributed by atoms with E-state index in [1.54, 1.807) is 18.5 Å². The number of hydrogen-bond acceptors (Lipinski definition) is 4. The molecule has 15 heavy (non-hydrogen) atoms. The fourth-order valence-corrected chi connectivity index (χ4v) is 1.87. The Morgan fingerprint density at radius 2 is 2.20 bits per heavy atom. The Balaban J connectivity index is 2.19. The molecule has 0 bridgehead atoms. The highest BCUT2D eigenvalue weighted by Gasteiger charge is 2.18. The molecule has 0 amide bonds. The van der Waals surface area contributed by atoms with E-state index in [2.05, 4.69) is 16.0 Å². The molecule has 0 radical (unpaired) electrons. The molecular formula is C11H14N4. The molecule has 2 N–H and O–H groups in total. The largest absolute Gasteiger partial charge is 0.369 e. The topological polar surface area (TPSA) is 65.9 Å². The van der Waals surface area contributed by atoms with E-state index in [-0.39, 0.29) is 0 Å². The molecule has 1 aromatic rings. The minimum Gasteiger partial charge on any atom is -0.369 e. The molecule has 0 unspecified atom stereocenters. The van der Waals surface area contributed by atoms with Crippen molar-refractivity contribution in [2.75, 3.05) is 18.0 Å². The van der Waals surface area contributed by atoms with Crippen LogP contribution in [0.2, 0.25) is 0 Å². The first kappa shape index (κ1) is 9.94. The van der Waals surface area contributed by atoms with Gasteiger partial charge in [0.15, 0.2) is 0 Å². The van der Waals surface area contributed by atoms with Crippen molar-refractivity contribution in [2.24, 2.45) is 5.73 Å². The summed E-state index contributed by atoms with van der Waals surface area (Å²) in [4.78, 5) is 6.25. The lowest BCUT2D eigenvalue weighted by Gasteiger charge is -2.32. The highest BCUT2D eigenvalue weighted by Crippen LogP contribution is 2.21. The monoisotopic (exact) mass is 202 g/mol. The first-order valence-electron chi connectivity index (χ1n) is 5.16. The summed E-state index contributed by atoms with van der Waals surface area (Å²) in [5.41, 5.74) is 7.47. The standard InChI is InChI=1S/C11H14N4/c12-7-9-1-4-14-8-11(9)15-5-2-10(13)3-6-15/h1,4,8,10H,2-3,5-6,13H2. The van der Waals surface area contributed by atoms with Gasteiger partial charge in [0.25, 0.3) is 0 Å². The van der Waals surface area contributed by atoms with Crippen molar-refractivity contribution >= 4 is 5.69 Å². The fraction of sp³-hybridized carbons (Fsp3) is 0.455. The predicted octanol–water partition coefficient (Wildman–Crippen LogP) is 0.881. The second-order valence-corrected chi connectivity index (χ2v) is 3.83. The minimum atomic E-state index is 0.309. The second-order valence-electron chi connectivity index (χ2n) is 3.83. The lowest BCUT2D eigenvalue weighted by Crippen LogP contribution is -2.40. The normalized spacial score (nSPS) is 17.5. The fourth-order valence-electron chi connectivity index (χ4n) is 1.87. The number of nitrogens with two attached hydrogens (primary N) is 1. The highest BCUT2D eigenvalue weighted by atomic mass is 15.1. The molecule has 1 fully saturated rings. The Morgan fingerprint density at radius 3 is 2.87 bits per heavy atom. The maximum atomic E-state index is 8.97. The van der Waals surface area contributed by atoms with E-state index in [0.29, 0.717) is 11.6 Å². The number of piperidine rings is 1. The summed E-state index contributed by atoms with van der Waals surface area (Å²) in [7, 11) is 0. The van der Waals surface area contributed by atoms with Crippen LogP contribution in [-0.4, -0.2) is 24.1 Å². The Kier molecular flexibility index (Phi) is 2.84. The van der Waals surface area contributed by atoms with Crippen LogP contribution in [0.5, 0.6) is 0 Å². The van der Waals surface area contributed by atoms with Crippen LogP contribution in [0.25, 0.3) is 0 Å². The SMILES string of the molecule is N#Cc1ccncc1N1CCC(N)CC1. The molecule has 0 saturated carbocycles. The van der Waals surface area contributed by atoms with Gasteiger partial charge in [0, 0.05) is 25.3 Å². The maximum Gasteiger partial charge on any atom is 0.101 e. The van der Waals surface area contributed by atoms with E-state index in [9.17, 15) is 0 Å². The molecule has 1 aliphatic heterocycles. The van der Waals surface area contributed by atoms with Crippen LogP contribution in [0, 0.1) is 11.3 Å². The third kappa shape index (κ3) is 2.08. The van der Waals surface area contributed by atoms with Gasteiger partial charge in [0.05, 0.1) is 17.4 Å². The molecular weight excluding hydrogens is 188 g/mol. The van der Waals surface area contributed by atoms with E-state index in [0.717, 1.165) is 31.6 Å². The van der Waals surface area contributed by atoms with Crippen LogP contribution in [0.3, 0.4) is 0 Å². The van der Waals surface area contributed by atoms with E-state index in [1.165, 1.54) is 0 Å². The number of rotatable bonds is 1. The number of aromatic nitrogens is 1. The quantitative estimate of drug-likeness (QED) is 0.734. The zero-order chi connectivity index (χ0) is 10.7. The molecule has 0 aliphatic carbocycles. The summed E-state index contributed by atoms with van der Waals surface area (Å²) in [6.45, 7) is 1.84. The predicted molar refractivity (Wildman–Crippen MR) is 58.4 cm³/mol. The Morgan fingerprint density at radius 1 is 1.47 bits per heavy atom. The van der Waals surface area contributed by atoms with Gasteiger partial charge in [-0.2, -0.15) is 5.26 Å². The van der Waals surface area contributed by atoms with E-state index < -0.39 is 0 Å². The van der Waals surface area contributed by atoms with Gasteiger partial charge >= 0.3 is 0 Å². The first-order valence-corrected chi connectivity index (χ1v) is 5.16. The van der Waals surface area contributed by atoms with E-state index >= 15 is 0 Å². The van der Waals surface area contributed by atoms with Gasteiger partial charge in [-0.25, -0.2) is 0 Å². The van der Waals surface area contributed by atoms with Crippen LogP contribution in [0.1, 0.15) is 18.4 Å². The van der Waals surface area contributed by atoms with Crippen LogP contribution in [0.15, 0.2) is 18.5 Å². The van der Waals surface area contributed by atoms with Gasteiger partial charge in [-0.3, -0.25) is 4.98 Å². The number of anilines is 1. The van der Waals surface area contributed by atoms with Gasteiger partial charge in [-0.15, -0.1) is 0 Å². The summed E-state index contributed by atoms with van der Waals surface area (Å²) < 4.78 is 0. The summed E-state index contributed by atoms with van der Waals surface area (Å²) >= 11 is 0. The van der Waals surface area contributed by atoms with Crippen LogP contribution in [0.4, 0.5) is 5.69 Å². The average Bonchev–Trinajstić information content (AvgIpc) is 2.30. The van der Waals surface area contributed by atoms with Crippen LogP contribution in [-0.2, 0) is 0 Å². The zero-order valence-corrected chi connectivity index (χ0v) is 8.56. The van der Waals surface area contributed by atoms with Gasteiger partial charge in [-0.05, 0) is 18.9 Å². The average molecular weight is 202 g/mol. The zero-order valence-electron chi connectivity index (χ0n) is 8.56. The Labute approximate surface area is 89.3 Å². The van der Waals surface area contributed by atoms with Crippen molar-refractivity contribution in [3.05, 3.63) is 24.0 Å². The second kappa shape index (κ2) is 4.28. The van der Waals surface area contributed by atoms with Crippen LogP contribution < -0.4 is 10.6 Å². The summed E-state index contributed by atoms with van der Waals surface area (Å²) in [5, 5.41) is 8.97. The lowest BCUT2D eigenvalue weighted by atomic mass is 10.0. The van der Waals surface area contributed by atoms with E-state index in [4.69, 9.17) is 11.0 Å². The molecule has 2 rings (SSSR count). The number of nitriles is 1. The van der Waals surface area contributed by atoms with Crippen molar-refractivity contribution < 1.29 is 0 Å². The van der Waals surface area contributed by atoms with Crippen molar-refractivity contribution in [1.29, 1.82) is 5.26 Å². The highest BCUT2D eigenvalue weighted by molar-refractivity contribution is 5.57. The minimum absolute atomic E-state index is 0.309. The lowest BCUT2D eigenvalue weighted by molar-refractivity contribution is 0.501. The molecule has 0 aromatic carbocycles. The summed E-state index contributed by atoms with van der Waals surface area (Å²) in [6, 6.07) is 4.25. The number of nitrogens with zero attached hydrogens (tertiary/aromatic N) is 3. The molecule has 1 aromatic heterocycles. The van der Waals surface area contributed by atoms with Gasteiger partial charge in [0.2, 0.25) is 0 Å². The van der Waals surface area contributed by atoms with Gasteiger partial charge < -0.3 is 10.6 Å². The Hall–Kier alpha value is -1.60. The Bertz CT molecular complexity index is 374. The van der Waals surface area contributed by atoms with Crippen molar-refractivity contribution in [1.82, 2.24) is 4.98 Å². The first-order chi connectivity index (χ1) is 7.31. The van der Waals surface area contributed by atoms with Gasteiger partial charge in [0.1, 0.15) is 6.07 Å². The molecule has 0 atom stereocenters.